The number of hydrogen-bond acceptors (Lipinski definition) is 3. The van der Waals surface area contributed by atoms with Crippen molar-refractivity contribution in [2.24, 2.45) is 0 Å². The molecule has 2 aromatic rings. The van der Waals surface area contributed by atoms with Crippen LogP contribution in [-0.2, 0) is 13.0 Å². The molecule has 23 heavy (non-hydrogen) atoms. The number of rotatable bonds is 5. The molecule has 122 valence electrons. The van der Waals surface area contributed by atoms with Crippen LogP contribution >= 0.6 is 11.6 Å². The van der Waals surface area contributed by atoms with Gasteiger partial charge in [0.1, 0.15) is 17.1 Å². The second-order valence-electron chi connectivity index (χ2n) is 5.78. The third-order valence-electron chi connectivity index (χ3n) is 4.12. The second kappa shape index (κ2) is 6.32. The van der Waals surface area contributed by atoms with Crippen LogP contribution in [-0.4, -0.2) is 22.0 Å². The number of halogens is 2. The van der Waals surface area contributed by atoms with E-state index in [2.05, 4.69) is 5.16 Å². The molecule has 0 saturated heterocycles. The Morgan fingerprint density at radius 1 is 1.48 bits per heavy atom. The highest BCUT2D eigenvalue weighted by molar-refractivity contribution is 6.31. The lowest BCUT2D eigenvalue weighted by molar-refractivity contribution is 0.0725. The average molecular weight is 337 g/mol. The molecular weight excluding hydrogens is 319 g/mol. The first-order chi connectivity index (χ1) is 11.0. The minimum Gasteiger partial charge on any atom is -0.361 e. The van der Waals surface area contributed by atoms with Crippen LogP contribution in [0.4, 0.5) is 4.39 Å². The van der Waals surface area contributed by atoms with E-state index in [1.165, 1.54) is 6.07 Å². The van der Waals surface area contributed by atoms with Crippen LogP contribution in [0, 0.1) is 12.7 Å². The molecule has 1 fully saturated rings. The van der Waals surface area contributed by atoms with E-state index in [9.17, 15) is 9.18 Å². The van der Waals surface area contributed by atoms with Gasteiger partial charge >= 0.3 is 0 Å². The minimum atomic E-state index is -0.395. The predicted octanol–water partition coefficient (Wildman–Crippen LogP) is 4.14. The Kier molecular flexibility index (Phi) is 4.39. The van der Waals surface area contributed by atoms with Gasteiger partial charge in [-0.2, -0.15) is 0 Å². The molecule has 6 heteroatoms. The molecule has 0 atom stereocenters. The highest BCUT2D eigenvalue weighted by Crippen LogP contribution is 2.33. The van der Waals surface area contributed by atoms with E-state index < -0.39 is 5.82 Å². The van der Waals surface area contributed by atoms with E-state index in [4.69, 9.17) is 16.1 Å². The average Bonchev–Trinajstić information content (AvgIpc) is 3.28. The number of carbonyl (C=O) groups is 1. The zero-order chi connectivity index (χ0) is 16.6. The predicted molar refractivity (Wildman–Crippen MR) is 84.9 cm³/mol. The lowest BCUT2D eigenvalue weighted by Crippen LogP contribution is -2.33. The van der Waals surface area contributed by atoms with Gasteiger partial charge < -0.3 is 9.42 Å². The Bertz CT molecular complexity index is 720. The van der Waals surface area contributed by atoms with Gasteiger partial charge in [0.05, 0.1) is 12.2 Å². The van der Waals surface area contributed by atoms with Crippen molar-refractivity contribution >= 4 is 17.5 Å². The van der Waals surface area contributed by atoms with E-state index in [0.717, 1.165) is 12.8 Å². The van der Waals surface area contributed by atoms with Crippen LogP contribution in [0.5, 0.6) is 0 Å². The van der Waals surface area contributed by atoms with Crippen LogP contribution in [0.25, 0.3) is 0 Å². The normalized spacial score (nSPS) is 14.1. The molecule has 4 nitrogen and oxygen atoms in total. The van der Waals surface area contributed by atoms with Gasteiger partial charge in [0.15, 0.2) is 0 Å². The molecule has 1 aliphatic rings. The van der Waals surface area contributed by atoms with Gasteiger partial charge in [0.25, 0.3) is 5.91 Å². The van der Waals surface area contributed by atoms with Crippen LogP contribution in [0.1, 0.15) is 47.1 Å². The molecule has 0 spiro atoms. The zero-order valence-electron chi connectivity index (χ0n) is 13.1. The van der Waals surface area contributed by atoms with Crippen LogP contribution in [0.3, 0.4) is 0 Å². The monoisotopic (exact) mass is 336 g/mol. The summed E-state index contributed by atoms with van der Waals surface area (Å²) in [6.07, 6.45) is 2.45. The highest BCUT2D eigenvalue weighted by atomic mass is 35.5. The number of aromatic nitrogens is 1. The third-order valence-corrected chi connectivity index (χ3v) is 4.47. The molecule has 1 aromatic carbocycles. The molecule has 1 aliphatic carbocycles. The maximum atomic E-state index is 14.1. The quantitative estimate of drug-likeness (QED) is 0.824. The smallest absolute Gasteiger partial charge is 0.259 e. The van der Waals surface area contributed by atoms with Gasteiger partial charge in [0.2, 0.25) is 0 Å². The minimum absolute atomic E-state index is 0.122. The molecule has 0 unspecified atom stereocenters. The van der Waals surface area contributed by atoms with E-state index in [1.54, 1.807) is 24.0 Å². The Hall–Kier alpha value is -1.88. The first-order valence-electron chi connectivity index (χ1n) is 7.72. The summed E-state index contributed by atoms with van der Waals surface area (Å²) < 4.78 is 19.2. The first-order valence-corrected chi connectivity index (χ1v) is 8.09. The maximum absolute atomic E-state index is 14.1. The second-order valence-corrected chi connectivity index (χ2v) is 6.19. The van der Waals surface area contributed by atoms with Gasteiger partial charge in [-0.3, -0.25) is 4.79 Å². The summed E-state index contributed by atoms with van der Waals surface area (Å²) in [5.41, 5.74) is 1.48. The number of hydrogen-bond donors (Lipinski definition) is 0. The van der Waals surface area contributed by atoms with Crippen LogP contribution < -0.4 is 0 Å². The van der Waals surface area contributed by atoms with Crippen molar-refractivity contribution in [3.8, 4) is 0 Å². The molecule has 0 bridgehead atoms. The summed E-state index contributed by atoms with van der Waals surface area (Å²) in [6, 6.07) is 4.68. The van der Waals surface area contributed by atoms with Crippen molar-refractivity contribution in [2.75, 3.05) is 0 Å². The molecule has 1 amide bonds. The van der Waals surface area contributed by atoms with Crippen molar-refractivity contribution in [1.82, 2.24) is 10.1 Å². The number of amides is 1. The molecule has 0 N–H and O–H groups in total. The maximum Gasteiger partial charge on any atom is 0.259 e. The van der Waals surface area contributed by atoms with Crippen molar-refractivity contribution in [3.05, 3.63) is 51.6 Å². The molecule has 1 aromatic heterocycles. The number of benzene rings is 1. The van der Waals surface area contributed by atoms with Crippen LogP contribution in [0.2, 0.25) is 5.02 Å². The summed E-state index contributed by atoms with van der Waals surface area (Å²) in [5.74, 6) is -0.0618. The molecule has 1 heterocycles. The van der Waals surface area contributed by atoms with Crippen molar-refractivity contribution in [1.29, 1.82) is 0 Å². The molecular formula is C17H18ClFN2O2. The Morgan fingerprint density at radius 3 is 2.83 bits per heavy atom. The van der Waals surface area contributed by atoms with Gasteiger partial charge in [-0.1, -0.05) is 29.7 Å². The van der Waals surface area contributed by atoms with Crippen molar-refractivity contribution in [3.63, 3.8) is 0 Å². The molecule has 0 radical (unpaired) electrons. The first kappa shape index (κ1) is 16.0. The summed E-state index contributed by atoms with van der Waals surface area (Å²) >= 11 is 6.11. The molecule has 1 saturated carbocycles. The fourth-order valence-electron chi connectivity index (χ4n) is 2.68. The Balaban J connectivity index is 1.93. The van der Waals surface area contributed by atoms with Crippen molar-refractivity contribution in [2.45, 2.75) is 45.7 Å². The van der Waals surface area contributed by atoms with Crippen LogP contribution in [0.15, 0.2) is 22.7 Å². The van der Waals surface area contributed by atoms with E-state index >= 15 is 0 Å². The Labute approximate surface area is 139 Å². The standard InChI is InChI=1S/C17H18ClFN2O2/c1-3-15-16(10(2)23-20-15)17(22)21(11-7-8-11)9-12-13(18)5-4-6-14(12)19/h4-6,11H,3,7-9H2,1-2H3. The number of carbonyl (C=O) groups excluding carboxylic acids is 1. The SMILES string of the molecule is CCc1noc(C)c1C(=O)N(Cc1c(F)cccc1Cl)C1CC1. The van der Waals surface area contributed by atoms with E-state index in [0.29, 0.717) is 34.0 Å². The summed E-state index contributed by atoms with van der Waals surface area (Å²) in [5, 5.41) is 4.27. The van der Waals surface area contributed by atoms with Gasteiger partial charge in [-0.25, -0.2) is 4.39 Å². The summed E-state index contributed by atoms with van der Waals surface area (Å²) in [4.78, 5) is 14.7. The summed E-state index contributed by atoms with van der Waals surface area (Å²) in [6.45, 7) is 3.80. The number of nitrogens with zero attached hydrogens (tertiary/aromatic N) is 2. The lowest BCUT2D eigenvalue weighted by atomic mass is 10.1. The topological polar surface area (TPSA) is 46.3 Å². The van der Waals surface area contributed by atoms with Crippen molar-refractivity contribution < 1.29 is 13.7 Å². The fourth-order valence-corrected chi connectivity index (χ4v) is 2.91. The lowest BCUT2D eigenvalue weighted by Gasteiger charge is -2.23. The van der Waals surface area contributed by atoms with Gasteiger partial charge in [-0.15, -0.1) is 0 Å². The largest absolute Gasteiger partial charge is 0.361 e. The molecule has 3 rings (SSSR count). The van der Waals surface area contributed by atoms with Gasteiger partial charge in [0, 0.05) is 16.6 Å². The third kappa shape index (κ3) is 3.11. The fraction of sp³-hybridized carbons (Fsp3) is 0.412. The summed E-state index contributed by atoms with van der Waals surface area (Å²) in [7, 11) is 0. The Morgan fingerprint density at radius 2 is 2.22 bits per heavy atom. The highest BCUT2D eigenvalue weighted by Gasteiger charge is 2.36. The molecule has 0 aliphatic heterocycles. The number of aryl methyl sites for hydroxylation is 2. The zero-order valence-corrected chi connectivity index (χ0v) is 13.9. The van der Waals surface area contributed by atoms with E-state index in [1.807, 2.05) is 6.92 Å². The van der Waals surface area contributed by atoms with Gasteiger partial charge in [-0.05, 0) is 38.3 Å². The van der Waals surface area contributed by atoms with E-state index in [-0.39, 0.29) is 18.5 Å².